The van der Waals surface area contributed by atoms with Gasteiger partial charge >= 0.3 is 5.97 Å². The van der Waals surface area contributed by atoms with Crippen LogP contribution in [0.2, 0.25) is 0 Å². The van der Waals surface area contributed by atoms with Gasteiger partial charge in [0, 0.05) is 22.0 Å². The van der Waals surface area contributed by atoms with E-state index in [2.05, 4.69) is 32.5 Å². The Labute approximate surface area is 125 Å². The van der Waals surface area contributed by atoms with Crippen molar-refractivity contribution in [2.24, 2.45) is 0 Å². The largest absolute Gasteiger partial charge is 0.478 e. The number of aromatic nitrogens is 1. The first-order valence-electron chi connectivity index (χ1n) is 6.24. The van der Waals surface area contributed by atoms with Gasteiger partial charge < -0.3 is 10.4 Å². The van der Waals surface area contributed by atoms with E-state index < -0.39 is 5.97 Å². The van der Waals surface area contributed by atoms with Crippen LogP contribution in [0.15, 0.2) is 16.7 Å². The van der Waals surface area contributed by atoms with Gasteiger partial charge in [0.1, 0.15) is 11.4 Å². The van der Waals surface area contributed by atoms with E-state index in [1.807, 2.05) is 11.8 Å². The average molecular weight is 345 g/mol. The summed E-state index contributed by atoms with van der Waals surface area (Å²) < 4.78 is 0.903. The number of nitrogens with zero attached hydrogens (tertiary/aromatic N) is 1. The molecule has 2 rings (SSSR count). The van der Waals surface area contributed by atoms with Gasteiger partial charge in [0.05, 0.1) is 0 Å². The van der Waals surface area contributed by atoms with E-state index in [0.717, 1.165) is 6.54 Å². The number of carbonyl (C=O) groups is 1. The van der Waals surface area contributed by atoms with E-state index in [-0.39, 0.29) is 10.3 Å². The second kappa shape index (κ2) is 6.13. The van der Waals surface area contributed by atoms with Crippen LogP contribution in [0.1, 0.15) is 36.0 Å². The summed E-state index contributed by atoms with van der Waals surface area (Å²) in [5, 5.41) is 12.4. The van der Waals surface area contributed by atoms with E-state index in [0.29, 0.717) is 10.3 Å². The van der Waals surface area contributed by atoms with Gasteiger partial charge in [-0.3, -0.25) is 0 Å². The van der Waals surface area contributed by atoms with Crippen molar-refractivity contribution >= 4 is 39.5 Å². The molecule has 0 saturated heterocycles. The Bertz CT molecular complexity index is 476. The third kappa shape index (κ3) is 3.42. The molecule has 6 heteroatoms. The van der Waals surface area contributed by atoms with Gasteiger partial charge in [-0.1, -0.05) is 12.8 Å². The maximum absolute atomic E-state index is 11.2. The number of rotatable bonds is 5. The van der Waals surface area contributed by atoms with E-state index >= 15 is 0 Å². The van der Waals surface area contributed by atoms with Crippen LogP contribution in [0.25, 0.3) is 0 Å². The number of hydrogen-bond donors (Lipinski definition) is 2. The van der Waals surface area contributed by atoms with E-state index in [1.165, 1.54) is 25.7 Å². The Hall–Kier alpha value is -0.750. The molecule has 0 amide bonds. The van der Waals surface area contributed by atoms with Crippen LogP contribution in [0, 0.1) is 0 Å². The third-order valence-corrected chi connectivity index (χ3v) is 5.46. The van der Waals surface area contributed by atoms with Crippen LogP contribution in [-0.2, 0) is 0 Å². The van der Waals surface area contributed by atoms with Crippen LogP contribution in [0.5, 0.6) is 0 Å². The number of nitrogens with one attached hydrogen (secondary N) is 1. The van der Waals surface area contributed by atoms with Crippen LogP contribution >= 0.6 is 27.7 Å². The monoisotopic (exact) mass is 344 g/mol. The van der Waals surface area contributed by atoms with E-state index in [4.69, 9.17) is 0 Å². The minimum atomic E-state index is -0.957. The Balaban J connectivity index is 2.13. The highest BCUT2D eigenvalue weighted by Gasteiger charge is 2.33. The summed E-state index contributed by atoms with van der Waals surface area (Å²) in [7, 11) is 0. The molecule has 0 unspecified atom stereocenters. The maximum Gasteiger partial charge on any atom is 0.339 e. The van der Waals surface area contributed by atoms with E-state index in [9.17, 15) is 9.90 Å². The molecule has 104 valence electrons. The molecule has 1 aromatic rings. The molecule has 0 atom stereocenters. The smallest absolute Gasteiger partial charge is 0.339 e. The Morgan fingerprint density at radius 1 is 1.58 bits per heavy atom. The van der Waals surface area contributed by atoms with Gasteiger partial charge in [-0.15, -0.1) is 0 Å². The first-order chi connectivity index (χ1) is 9.06. The molecule has 0 spiro atoms. The fourth-order valence-electron chi connectivity index (χ4n) is 2.46. The van der Waals surface area contributed by atoms with Crippen molar-refractivity contribution in [2.45, 2.75) is 30.4 Å². The summed E-state index contributed by atoms with van der Waals surface area (Å²) in [4.78, 5) is 15.4. The average Bonchev–Trinajstić information content (AvgIpc) is 2.86. The molecule has 1 saturated carbocycles. The van der Waals surface area contributed by atoms with Gasteiger partial charge in [-0.2, -0.15) is 11.8 Å². The molecule has 1 aliphatic carbocycles. The molecule has 2 N–H and O–H groups in total. The highest BCUT2D eigenvalue weighted by atomic mass is 79.9. The van der Waals surface area contributed by atoms with Crippen LogP contribution in [0.3, 0.4) is 0 Å². The number of carboxylic acids is 1. The van der Waals surface area contributed by atoms with Crippen LogP contribution in [-0.4, -0.2) is 33.6 Å². The Morgan fingerprint density at radius 2 is 2.26 bits per heavy atom. The van der Waals surface area contributed by atoms with E-state index in [1.54, 1.807) is 12.3 Å². The van der Waals surface area contributed by atoms with Crippen molar-refractivity contribution in [2.75, 3.05) is 18.1 Å². The molecule has 0 bridgehead atoms. The summed E-state index contributed by atoms with van der Waals surface area (Å²) in [6.45, 7) is 0.767. The molecule has 19 heavy (non-hydrogen) atoms. The predicted molar refractivity (Wildman–Crippen MR) is 82.1 cm³/mol. The molecule has 4 nitrogen and oxygen atoms in total. The first kappa shape index (κ1) is 14.7. The number of aromatic carboxylic acids is 1. The van der Waals surface area contributed by atoms with Crippen molar-refractivity contribution in [1.82, 2.24) is 4.98 Å². The SMILES string of the molecule is CSC1(CNc2ncc(Br)cc2C(=O)O)CCCC1. The number of anilines is 1. The minimum absolute atomic E-state index is 0.212. The highest BCUT2D eigenvalue weighted by molar-refractivity contribution is 9.10. The summed E-state index contributed by atoms with van der Waals surface area (Å²) >= 11 is 5.12. The number of carboxylic acid groups (broad SMARTS) is 1. The van der Waals surface area contributed by atoms with Crippen molar-refractivity contribution in [1.29, 1.82) is 0 Å². The zero-order valence-corrected chi connectivity index (χ0v) is 13.2. The van der Waals surface area contributed by atoms with Gasteiger partial charge in [0.25, 0.3) is 0 Å². The normalized spacial score (nSPS) is 17.4. The topological polar surface area (TPSA) is 62.2 Å². The number of halogens is 1. The number of hydrogen-bond acceptors (Lipinski definition) is 4. The molecule has 0 aliphatic heterocycles. The fourth-order valence-corrected chi connectivity index (χ4v) is 3.71. The van der Waals surface area contributed by atoms with Crippen molar-refractivity contribution in [3.63, 3.8) is 0 Å². The lowest BCUT2D eigenvalue weighted by Gasteiger charge is -2.27. The number of pyridine rings is 1. The van der Waals surface area contributed by atoms with Gasteiger partial charge in [0.2, 0.25) is 0 Å². The van der Waals surface area contributed by atoms with Crippen LogP contribution in [0.4, 0.5) is 5.82 Å². The summed E-state index contributed by atoms with van der Waals surface area (Å²) in [5.41, 5.74) is 0.212. The molecule has 0 aromatic carbocycles. The number of thioether (sulfide) groups is 1. The van der Waals surface area contributed by atoms with Crippen molar-refractivity contribution in [3.05, 3.63) is 22.3 Å². The molecule has 0 radical (unpaired) electrons. The minimum Gasteiger partial charge on any atom is -0.478 e. The second-order valence-corrected chi connectivity index (χ2v) is 6.99. The zero-order chi connectivity index (χ0) is 13.9. The quantitative estimate of drug-likeness (QED) is 0.853. The van der Waals surface area contributed by atoms with Crippen molar-refractivity contribution < 1.29 is 9.90 Å². The van der Waals surface area contributed by atoms with Gasteiger partial charge in [-0.05, 0) is 41.1 Å². The lowest BCUT2D eigenvalue weighted by atomic mass is 10.1. The zero-order valence-electron chi connectivity index (χ0n) is 10.8. The molecule has 1 heterocycles. The highest BCUT2D eigenvalue weighted by Crippen LogP contribution is 2.40. The Morgan fingerprint density at radius 3 is 2.84 bits per heavy atom. The molecular weight excluding hydrogens is 328 g/mol. The summed E-state index contributed by atoms with van der Waals surface area (Å²) in [5.74, 6) is -0.503. The van der Waals surface area contributed by atoms with Gasteiger partial charge in [-0.25, -0.2) is 9.78 Å². The summed E-state index contributed by atoms with van der Waals surface area (Å²) in [6.07, 6.45) is 8.61. The lowest BCUT2D eigenvalue weighted by molar-refractivity contribution is 0.0697. The molecule has 1 fully saturated rings. The van der Waals surface area contributed by atoms with Crippen molar-refractivity contribution in [3.8, 4) is 0 Å². The van der Waals surface area contributed by atoms with Crippen LogP contribution < -0.4 is 5.32 Å². The lowest BCUT2D eigenvalue weighted by Crippen LogP contribution is -2.30. The molecular formula is C13H17BrN2O2S. The maximum atomic E-state index is 11.2. The third-order valence-electron chi connectivity index (χ3n) is 3.61. The molecule has 1 aliphatic rings. The predicted octanol–water partition coefficient (Wildman–Crippen LogP) is 3.63. The fraction of sp³-hybridized carbons (Fsp3) is 0.538. The summed E-state index contributed by atoms with van der Waals surface area (Å²) in [6, 6.07) is 1.58. The van der Waals surface area contributed by atoms with Gasteiger partial charge in [0.15, 0.2) is 0 Å². The Kier molecular flexibility index (Phi) is 4.73. The molecule has 1 aromatic heterocycles. The first-order valence-corrected chi connectivity index (χ1v) is 8.26. The standard InChI is InChI=1S/C13H17BrN2O2S/c1-19-13(4-2-3-5-13)8-16-11-10(12(17)18)6-9(14)7-15-11/h6-7H,2-5,8H2,1H3,(H,15,16)(H,17,18). The second-order valence-electron chi connectivity index (χ2n) is 4.80.